The molecule has 0 heterocycles. The van der Waals surface area contributed by atoms with E-state index >= 15 is 0 Å². The number of nitrogens with one attached hydrogen (secondary N) is 1. The number of carbonyl (C=O) groups is 2. The van der Waals surface area contributed by atoms with Crippen LogP contribution in [0.15, 0.2) is 90.0 Å². The molecule has 0 aliphatic heterocycles. The van der Waals surface area contributed by atoms with E-state index in [1.807, 2.05) is 36.4 Å². The highest BCUT2D eigenvalue weighted by atomic mass is 16.4. The molecule has 122 valence electrons. The Bertz CT molecular complexity index is 936. The number of hydrogen-bond donors (Lipinski definition) is 2. The Morgan fingerprint density at radius 3 is 2.08 bits per heavy atom. The first-order valence-corrected chi connectivity index (χ1v) is 7.69. The predicted molar refractivity (Wildman–Crippen MR) is 96.7 cm³/mol. The van der Waals surface area contributed by atoms with Crippen molar-refractivity contribution >= 4 is 23.0 Å². The van der Waals surface area contributed by atoms with Crippen LogP contribution in [-0.4, -0.2) is 22.6 Å². The van der Waals surface area contributed by atoms with Crippen molar-refractivity contribution in [1.82, 2.24) is 0 Å². The Hall–Kier alpha value is -3.53. The molecular formula is C21H15NO3. The maximum Gasteiger partial charge on any atom is 0.337 e. The summed E-state index contributed by atoms with van der Waals surface area (Å²) in [6, 6.07) is 18.0. The third kappa shape index (κ3) is 3.38. The molecule has 2 N–H and O–H groups in total. The molecule has 0 atom stereocenters. The average molecular weight is 329 g/mol. The molecule has 0 fully saturated rings. The molecule has 0 spiro atoms. The molecule has 4 nitrogen and oxygen atoms in total. The minimum absolute atomic E-state index is 0.133. The molecule has 2 aromatic carbocycles. The molecular weight excluding hydrogens is 314 g/mol. The summed E-state index contributed by atoms with van der Waals surface area (Å²) < 4.78 is 0. The van der Waals surface area contributed by atoms with Gasteiger partial charge in [-0.2, -0.15) is 0 Å². The number of carbonyl (C=O) groups excluding carboxylic acids is 1. The van der Waals surface area contributed by atoms with Crippen molar-refractivity contribution in [2.75, 3.05) is 0 Å². The second-order valence-electron chi connectivity index (χ2n) is 5.50. The SMILES string of the molecule is N=C1C(C(=O)O)=CC=C(c2ccccc2)C1=CC(=O)c1ccccc1. The molecule has 0 unspecified atom stereocenters. The number of carboxylic acids is 1. The summed E-state index contributed by atoms with van der Waals surface area (Å²) >= 11 is 0. The molecule has 0 amide bonds. The molecule has 1 aliphatic rings. The fraction of sp³-hybridized carbons (Fsp3) is 0. The van der Waals surface area contributed by atoms with E-state index in [1.54, 1.807) is 30.3 Å². The van der Waals surface area contributed by atoms with Gasteiger partial charge in [-0.3, -0.25) is 10.2 Å². The van der Waals surface area contributed by atoms with Crippen molar-refractivity contribution in [3.63, 3.8) is 0 Å². The lowest BCUT2D eigenvalue weighted by Crippen LogP contribution is -2.18. The van der Waals surface area contributed by atoms with Gasteiger partial charge in [0, 0.05) is 11.1 Å². The van der Waals surface area contributed by atoms with Crippen LogP contribution in [0.1, 0.15) is 15.9 Å². The molecule has 3 rings (SSSR count). The van der Waals surface area contributed by atoms with Gasteiger partial charge in [0.25, 0.3) is 0 Å². The van der Waals surface area contributed by atoms with Crippen LogP contribution >= 0.6 is 0 Å². The molecule has 1 aliphatic carbocycles. The number of carboxylic acid groups (broad SMARTS) is 1. The molecule has 0 aromatic heterocycles. The topological polar surface area (TPSA) is 78.2 Å². The number of benzene rings is 2. The normalized spacial score (nSPS) is 15.5. The van der Waals surface area contributed by atoms with Crippen molar-refractivity contribution in [2.24, 2.45) is 0 Å². The Labute approximate surface area is 145 Å². The first kappa shape index (κ1) is 16.3. The number of allylic oxidation sites excluding steroid dienone is 5. The van der Waals surface area contributed by atoms with E-state index in [1.165, 1.54) is 12.2 Å². The summed E-state index contributed by atoms with van der Waals surface area (Å²) in [4.78, 5) is 23.9. The highest BCUT2D eigenvalue weighted by Gasteiger charge is 2.25. The van der Waals surface area contributed by atoms with Gasteiger partial charge in [0.1, 0.15) is 0 Å². The van der Waals surface area contributed by atoms with Crippen LogP contribution in [0.25, 0.3) is 5.57 Å². The van der Waals surface area contributed by atoms with E-state index in [-0.39, 0.29) is 17.1 Å². The summed E-state index contributed by atoms with van der Waals surface area (Å²) in [5.74, 6) is -1.46. The van der Waals surface area contributed by atoms with Crippen LogP contribution in [-0.2, 0) is 4.79 Å². The van der Waals surface area contributed by atoms with Gasteiger partial charge < -0.3 is 5.11 Å². The predicted octanol–water partition coefficient (Wildman–Crippen LogP) is 3.92. The summed E-state index contributed by atoms with van der Waals surface area (Å²) in [6.07, 6.45) is 4.38. The van der Waals surface area contributed by atoms with E-state index in [9.17, 15) is 14.7 Å². The van der Waals surface area contributed by atoms with Crippen molar-refractivity contribution < 1.29 is 14.7 Å². The maximum atomic E-state index is 12.5. The van der Waals surface area contributed by atoms with E-state index < -0.39 is 5.97 Å². The van der Waals surface area contributed by atoms with E-state index in [0.29, 0.717) is 16.7 Å². The van der Waals surface area contributed by atoms with Crippen LogP contribution in [0.4, 0.5) is 0 Å². The number of rotatable bonds is 4. The van der Waals surface area contributed by atoms with Gasteiger partial charge in [-0.15, -0.1) is 0 Å². The zero-order valence-corrected chi connectivity index (χ0v) is 13.3. The lowest BCUT2D eigenvalue weighted by Gasteiger charge is -2.18. The van der Waals surface area contributed by atoms with Crippen LogP contribution in [0.5, 0.6) is 0 Å². The maximum absolute atomic E-state index is 12.5. The third-order valence-electron chi connectivity index (χ3n) is 3.89. The van der Waals surface area contributed by atoms with Crippen LogP contribution in [0.2, 0.25) is 0 Å². The molecule has 0 bridgehead atoms. The van der Waals surface area contributed by atoms with Crippen molar-refractivity contribution in [3.05, 3.63) is 101 Å². The van der Waals surface area contributed by atoms with Crippen molar-refractivity contribution in [1.29, 1.82) is 5.41 Å². The minimum Gasteiger partial charge on any atom is -0.478 e. The number of hydrogen-bond acceptors (Lipinski definition) is 3. The zero-order valence-electron chi connectivity index (χ0n) is 13.3. The van der Waals surface area contributed by atoms with Gasteiger partial charge in [0.05, 0.1) is 11.3 Å². The lowest BCUT2D eigenvalue weighted by molar-refractivity contribution is -0.132. The van der Waals surface area contributed by atoms with Crippen LogP contribution in [0.3, 0.4) is 0 Å². The minimum atomic E-state index is -1.19. The third-order valence-corrected chi connectivity index (χ3v) is 3.89. The van der Waals surface area contributed by atoms with Gasteiger partial charge >= 0.3 is 5.97 Å². The molecule has 2 aromatic rings. The van der Waals surface area contributed by atoms with E-state index in [4.69, 9.17) is 5.41 Å². The highest BCUT2D eigenvalue weighted by molar-refractivity contribution is 6.33. The largest absolute Gasteiger partial charge is 0.478 e. The van der Waals surface area contributed by atoms with E-state index in [2.05, 4.69) is 0 Å². The summed E-state index contributed by atoms with van der Waals surface area (Å²) in [5, 5.41) is 17.5. The second-order valence-corrected chi connectivity index (χ2v) is 5.50. The second kappa shape index (κ2) is 6.93. The first-order chi connectivity index (χ1) is 12.1. The van der Waals surface area contributed by atoms with Gasteiger partial charge in [-0.1, -0.05) is 66.7 Å². The van der Waals surface area contributed by atoms with Gasteiger partial charge in [0.2, 0.25) is 0 Å². The Morgan fingerprint density at radius 2 is 1.48 bits per heavy atom. The fourth-order valence-electron chi connectivity index (χ4n) is 2.63. The molecule has 0 radical (unpaired) electrons. The van der Waals surface area contributed by atoms with Crippen LogP contribution < -0.4 is 0 Å². The Kier molecular flexibility index (Phi) is 4.53. The first-order valence-electron chi connectivity index (χ1n) is 7.69. The Balaban J connectivity index is 2.10. The summed E-state index contributed by atoms with van der Waals surface area (Å²) in [7, 11) is 0. The highest BCUT2D eigenvalue weighted by Crippen LogP contribution is 2.30. The van der Waals surface area contributed by atoms with Crippen LogP contribution in [0, 0.1) is 5.41 Å². The Morgan fingerprint density at radius 1 is 0.880 bits per heavy atom. The monoisotopic (exact) mass is 329 g/mol. The van der Waals surface area contributed by atoms with Gasteiger partial charge in [-0.25, -0.2) is 4.79 Å². The summed E-state index contributed by atoms with van der Waals surface area (Å²) in [6.45, 7) is 0. The standard InChI is InChI=1S/C21H15NO3/c22-20-17(21(24)25)12-11-16(14-7-3-1-4-8-14)18(20)13-19(23)15-9-5-2-6-10-15/h1-13,22H,(H,24,25). The quantitative estimate of drug-likeness (QED) is 0.659. The zero-order chi connectivity index (χ0) is 17.8. The van der Waals surface area contributed by atoms with Gasteiger partial charge in [-0.05, 0) is 23.3 Å². The summed E-state index contributed by atoms with van der Waals surface area (Å²) in [5.41, 5.74) is 1.96. The molecule has 0 saturated heterocycles. The van der Waals surface area contributed by atoms with Crippen molar-refractivity contribution in [3.8, 4) is 0 Å². The smallest absolute Gasteiger partial charge is 0.337 e. The molecule has 4 heteroatoms. The van der Waals surface area contributed by atoms with Gasteiger partial charge in [0.15, 0.2) is 5.78 Å². The van der Waals surface area contributed by atoms with E-state index in [0.717, 1.165) is 5.56 Å². The number of ketones is 1. The lowest BCUT2D eigenvalue weighted by atomic mass is 9.85. The molecule has 0 saturated carbocycles. The number of aliphatic carboxylic acids is 1. The fourth-order valence-corrected chi connectivity index (χ4v) is 2.63. The van der Waals surface area contributed by atoms with Crippen molar-refractivity contribution in [2.45, 2.75) is 0 Å². The molecule has 25 heavy (non-hydrogen) atoms. The average Bonchev–Trinajstić information content (AvgIpc) is 2.64.